The van der Waals surface area contributed by atoms with E-state index in [0.717, 1.165) is 25.1 Å². The van der Waals surface area contributed by atoms with Crippen LogP contribution in [0.2, 0.25) is 0 Å². The predicted octanol–water partition coefficient (Wildman–Crippen LogP) is 3.60. The van der Waals surface area contributed by atoms with E-state index >= 15 is 0 Å². The van der Waals surface area contributed by atoms with Gasteiger partial charge in [0.25, 0.3) is 0 Å². The van der Waals surface area contributed by atoms with Gasteiger partial charge in [-0.25, -0.2) is 0 Å². The molecule has 1 aromatic rings. The topological polar surface area (TPSA) is 41.5 Å². The summed E-state index contributed by atoms with van der Waals surface area (Å²) in [6, 6.07) is 6.52. The number of aliphatic hydroxyl groups is 1. The largest absolute Gasteiger partial charge is 0.496 e. The van der Waals surface area contributed by atoms with E-state index in [4.69, 9.17) is 4.74 Å². The van der Waals surface area contributed by atoms with E-state index in [1.165, 1.54) is 30.4 Å². The van der Waals surface area contributed by atoms with Crippen LogP contribution in [0.4, 0.5) is 0 Å². The van der Waals surface area contributed by atoms with Gasteiger partial charge >= 0.3 is 0 Å². The first-order valence-corrected chi connectivity index (χ1v) is 8.09. The van der Waals surface area contributed by atoms with Crippen molar-refractivity contribution < 1.29 is 9.84 Å². The van der Waals surface area contributed by atoms with E-state index < -0.39 is 0 Å². The van der Waals surface area contributed by atoms with Crippen LogP contribution < -0.4 is 10.1 Å². The summed E-state index contributed by atoms with van der Waals surface area (Å²) in [6.07, 6.45) is 6.06. The molecule has 0 bridgehead atoms. The van der Waals surface area contributed by atoms with Crippen LogP contribution in [0.3, 0.4) is 0 Å². The van der Waals surface area contributed by atoms with Crippen LogP contribution in [0.25, 0.3) is 0 Å². The van der Waals surface area contributed by atoms with Gasteiger partial charge in [-0.2, -0.15) is 0 Å². The van der Waals surface area contributed by atoms with Crippen molar-refractivity contribution in [2.75, 3.05) is 20.3 Å². The lowest BCUT2D eigenvalue weighted by atomic mass is 9.74. The predicted molar refractivity (Wildman–Crippen MR) is 86.8 cm³/mol. The van der Waals surface area contributed by atoms with E-state index in [2.05, 4.69) is 31.3 Å². The first kappa shape index (κ1) is 16.3. The molecular weight excluding hydrogens is 262 g/mol. The van der Waals surface area contributed by atoms with Crippen molar-refractivity contribution in [3.63, 3.8) is 0 Å². The molecular formula is C18H29NO2. The van der Waals surface area contributed by atoms with Crippen LogP contribution >= 0.6 is 0 Å². The number of rotatable bonds is 6. The van der Waals surface area contributed by atoms with Gasteiger partial charge < -0.3 is 15.2 Å². The summed E-state index contributed by atoms with van der Waals surface area (Å²) < 4.78 is 5.48. The number of hydrogen-bond donors (Lipinski definition) is 2. The van der Waals surface area contributed by atoms with Crippen molar-refractivity contribution >= 4 is 0 Å². The third kappa shape index (κ3) is 3.98. The van der Waals surface area contributed by atoms with Gasteiger partial charge in [-0.05, 0) is 32.8 Å². The highest BCUT2D eigenvalue weighted by Gasteiger charge is 2.31. The number of benzene rings is 1. The van der Waals surface area contributed by atoms with Gasteiger partial charge in [0.1, 0.15) is 5.75 Å². The minimum absolute atomic E-state index is 0.0730. The fourth-order valence-electron chi connectivity index (χ4n) is 3.36. The average Bonchev–Trinajstić information content (AvgIpc) is 2.53. The fourth-order valence-corrected chi connectivity index (χ4v) is 3.36. The zero-order valence-electron chi connectivity index (χ0n) is 13.6. The average molecular weight is 291 g/mol. The SMILES string of the molecule is COc1ccc(C)cc1C(C)NCC1(CO)CCCCC1. The monoisotopic (exact) mass is 291 g/mol. The van der Waals surface area contributed by atoms with E-state index in [1.54, 1.807) is 7.11 Å². The van der Waals surface area contributed by atoms with E-state index in [9.17, 15) is 5.11 Å². The lowest BCUT2D eigenvalue weighted by molar-refractivity contribution is 0.0788. The first-order valence-electron chi connectivity index (χ1n) is 8.09. The molecule has 0 aliphatic heterocycles. The van der Waals surface area contributed by atoms with Gasteiger partial charge in [0.15, 0.2) is 0 Å². The zero-order chi connectivity index (χ0) is 15.3. The van der Waals surface area contributed by atoms with Gasteiger partial charge in [0, 0.05) is 30.2 Å². The van der Waals surface area contributed by atoms with Crippen molar-refractivity contribution in [3.05, 3.63) is 29.3 Å². The molecule has 3 nitrogen and oxygen atoms in total. The van der Waals surface area contributed by atoms with Crippen LogP contribution in [0.5, 0.6) is 5.75 Å². The number of nitrogens with one attached hydrogen (secondary N) is 1. The molecule has 2 rings (SSSR count). The Hall–Kier alpha value is -1.06. The van der Waals surface area contributed by atoms with Gasteiger partial charge in [-0.15, -0.1) is 0 Å². The highest BCUT2D eigenvalue weighted by molar-refractivity contribution is 5.38. The van der Waals surface area contributed by atoms with Crippen molar-refractivity contribution in [2.24, 2.45) is 5.41 Å². The highest BCUT2D eigenvalue weighted by Crippen LogP contribution is 2.36. The molecule has 1 saturated carbocycles. The third-order valence-corrected chi connectivity index (χ3v) is 4.88. The fraction of sp³-hybridized carbons (Fsp3) is 0.667. The maximum Gasteiger partial charge on any atom is 0.123 e. The minimum atomic E-state index is 0.0730. The molecule has 0 aromatic heterocycles. The quantitative estimate of drug-likeness (QED) is 0.841. The van der Waals surface area contributed by atoms with E-state index in [-0.39, 0.29) is 18.1 Å². The Balaban J connectivity index is 2.04. The van der Waals surface area contributed by atoms with Gasteiger partial charge in [-0.3, -0.25) is 0 Å². The second-order valence-electron chi connectivity index (χ2n) is 6.57. The van der Waals surface area contributed by atoms with Crippen LogP contribution in [0.15, 0.2) is 18.2 Å². The molecule has 0 amide bonds. The molecule has 1 aliphatic carbocycles. The number of hydrogen-bond acceptors (Lipinski definition) is 3. The molecule has 1 unspecified atom stereocenters. The Bertz CT molecular complexity index is 453. The van der Waals surface area contributed by atoms with Crippen molar-refractivity contribution in [2.45, 2.75) is 52.0 Å². The number of ether oxygens (including phenoxy) is 1. The molecule has 0 radical (unpaired) electrons. The normalized spacial score (nSPS) is 19.2. The van der Waals surface area contributed by atoms with Crippen LogP contribution in [0, 0.1) is 12.3 Å². The van der Waals surface area contributed by atoms with Crippen molar-refractivity contribution in [3.8, 4) is 5.75 Å². The molecule has 1 aromatic carbocycles. The molecule has 21 heavy (non-hydrogen) atoms. The Morgan fingerprint density at radius 1 is 1.29 bits per heavy atom. The summed E-state index contributed by atoms with van der Waals surface area (Å²) in [5.74, 6) is 0.933. The molecule has 118 valence electrons. The summed E-state index contributed by atoms with van der Waals surface area (Å²) in [6.45, 7) is 5.44. The summed E-state index contributed by atoms with van der Waals surface area (Å²) in [5, 5.41) is 13.4. The second-order valence-corrected chi connectivity index (χ2v) is 6.57. The maximum atomic E-state index is 9.81. The summed E-state index contributed by atoms with van der Waals surface area (Å²) in [5.41, 5.74) is 2.51. The Morgan fingerprint density at radius 3 is 2.62 bits per heavy atom. The zero-order valence-corrected chi connectivity index (χ0v) is 13.6. The lowest BCUT2D eigenvalue weighted by Gasteiger charge is -2.37. The maximum absolute atomic E-state index is 9.81. The number of methoxy groups -OCH3 is 1. The molecule has 0 saturated heterocycles. The second kappa shape index (κ2) is 7.28. The molecule has 2 N–H and O–H groups in total. The molecule has 1 aliphatic rings. The Morgan fingerprint density at radius 2 is 2.00 bits per heavy atom. The summed E-state index contributed by atoms with van der Waals surface area (Å²) in [4.78, 5) is 0. The molecule has 0 spiro atoms. The first-order chi connectivity index (χ1) is 10.1. The van der Waals surface area contributed by atoms with Gasteiger partial charge in [0.2, 0.25) is 0 Å². The van der Waals surface area contributed by atoms with Gasteiger partial charge in [-0.1, -0.05) is 37.0 Å². The molecule has 1 fully saturated rings. The highest BCUT2D eigenvalue weighted by atomic mass is 16.5. The summed E-state index contributed by atoms with van der Waals surface area (Å²) >= 11 is 0. The van der Waals surface area contributed by atoms with Crippen molar-refractivity contribution in [1.29, 1.82) is 0 Å². The molecule has 0 heterocycles. The molecule has 3 heteroatoms. The molecule has 1 atom stereocenters. The minimum Gasteiger partial charge on any atom is -0.496 e. The van der Waals surface area contributed by atoms with Crippen molar-refractivity contribution in [1.82, 2.24) is 5.32 Å². The van der Waals surface area contributed by atoms with Gasteiger partial charge in [0.05, 0.1) is 7.11 Å². The Labute approximate surface area is 128 Å². The standard InChI is InChI=1S/C18H29NO2/c1-14-7-8-17(21-3)16(11-14)15(2)19-12-18(13-20)9-5-4-6-10-18/h7-8,11,15,19-20H,4-6,9-10,12-13H2,1-3H3. The number of aliphatic hydroxyl groups excluding tert-OH is 1. The summed E-state index contributed by atoms with van der Waals surface area (Å²) in [7, 11) is 1.72. The van der Waals surface area contributed by atoms with E-state index in [1.807, 2.05) is 6.07 Å². The van der Waals surface area contributed by atoms with Crippen LogP contribution in [0.1, 0.15) is 56.2 Å². The Kier molecular flexibility index (Phi) is 5.65. The van der Waals surface area contributed by atoms with E-state index in [0.29, 0.717) is 0 Å². The smallest absolute Gasteiger partial charge is 0.123 e. The number of aryl methyl sites for hydroxylation is 1. The lowest BCUT2D eigenvalue weighted by Crippen LogP contribution is -2.40. The third-order valence-electron chi connectivity index (χ3n) is 4.88. The van der Waals surface area contributed by atoms with Crippen LogP contribution in [-0.2, 0) is 0 Å². The van der Waals surface area contributed by atoms with Crippen LogP contribution in [-0.4, -0.2) is 25.4 Å².